The summed E-state index contributed by atoms with van der Waals surface area (Å²) in [5, 5.41) is 10.8. The van der Waals surface area contributed by atoms with Crippen molar-refractivity contribution in [3.8, 4) is 0 Å². The van der Waals surface area contributed by atoms with Gasteiger partial charge in [-0.3, -0.25) is 5.41 Å². The van der Waals surface area contributed by atoms with Crippen molar-refractivity contribution < 1.29 is 0 Å². The van der Waals surface area contributed by atoms with Crippen LogP contribution in [0.25, 0.3) is 0 Å². The molecule has 0 radical (unpaired) electrons. The number of hydrazone groups is 1. The maximum Gasteiger partial charge on any atom is 0.206 e. The van der Waals surface area contributed by atoms with Crippen LogP contribution in [0, 0.1) is 5.41 Å². The summed E-state index contributed by atoms with van der Waals surface area (Å²) in [7, 11) is 0. The van der Waals surface area contributed by atoms with E-state index in [-0.39, 0.29) is 5.96 Å². The van der Waals surface area contributed by atoms with E-state index in [0.29, 0.717) is 0 Å². The summed E-state index contributed by atoms with van der Waals surface area (Å²) < 4.78 is 0. The number of nitrogens with two attached hydrogens (primary N) is 1. The minimum absolute atomic E-state index is 0.174. The van der Waals surface area contributed by atoms with Crippen molar-refractivity contribution in [3.63, 3.8) is 0 Å². The third kappa shape index (κ3) is 4.18. The van der Waals surface area contributed by atoms with Crippen molar-refractivity contribution in [2.45, 2.75) is 4.90 Å². The van der Waals surface area contributed by atoms with Crippen LogP contribution in [0.2, 0.25) is 0 Å². The highest BCUT2D eigenvalue weighted by atomic mass is 32.2. The van der Waals surface area contributed by atoms with E-state index in [1.165, 1.54) is 0 Å². The van der Waals surface area contributed by atoms with E-state index in [0.717, 1.165) is 16.2 Å². The average molecular weight is 234 g/mol. The molecule has 0 amide bonds. The van der Waals surface area contributed by atoms with Gasteiger partial charge in [0.15, 0.2) is 0 Å². The maximum atomic E-state index is 6.96. The second kappa shape index (κ2) is 6.68. The third-order valence-electron chi connectivity index (χ3n) is 1.66. The SMILES string of the molecule is C=CCSc1ccccc1C=NNC(=N)N. The first-order chi connectivity index (χ1) is 7.74. The molecule has 1 rings (SSSR count). The molecule has 0 atom stereocenters. The van der Waals surface area contributed by atoms with Crippen molar-refractivity contribution in [2.24, 2.45) is 10.8 Å². The molecule has 1 aromatic carbocycles. The lowest BCUT2D eigenvalue weighted by Crippen LogP contribution is -2.25. The van der Waals surface area contributed by atoms with Gasteiger partial charge in [0.1, 0.15) is 0 Å². The van der Waals surface area contributed by atoms with Gasteiger partial charge in [0.05, 0.1) is 6.21 Å². The lowest BCUT2D eigenvalue weighted by atomic mass is 10.2. The lowest BCUT2D eigenvalue weighted by molar-refractivity contribution is 1.00. The van der Waals surface area contributed by atoms with Crippen LogP contribution in [0.4, 0.5) is 0 Å². The van der Waals surface area contributed by atoms with E-state index >= 15 is 0 Å². The number of benzene rings is 1. The van der Waals surface area contributed by atoms with E-state index < -0.39 is 0 Å². The zero-order chi connectivity index (χ0) is 11.8. The predicted molar refractivity (Wildman–Crippen MR) is 70.0 cm³/mol. The second-order valence-corrected chi connectivity index (χ2v) is 3.98. The monoisotopic (exact) mass is 234 g/mol. The molecule has 0 aliphatic heterocycles. The molecule has 0 saturated carbocycles. The predicted octanol–water partition coefficient (Wildman–Crippen LogP) is 1.78. The summed E-state index contributed by atoms with van der Waals surface area (Å²) in [5.74, 6) is 0.679. The van der Waals surface area contributed by atoms with Gasteiger partial charge in [0.25, 0.3) is 0 Å². The zero-order valence-electron chi connectivity index (χ0n) is 8.81. The molecule has 84 valence electrons. The number of thioether (sulfide) groups is 1. The molecule has 0 aromatic heterocycles. The molecule has 0 heterocycles. The van der Waals surface area contributed by atoms with Crippen LogP contribution in [0.1, 0.15) is 5.56 Å². The number of hydrogen-bond donors (Lipinski definition) is 3. The van der Waals surface area contributed by atoms with Gasteiger partial charge in [-0.2, -0.15) is 5.10 Å². The first-order valence-corrected chi connectivity index (χ1v) is 5.68. The smallest absolute Gasteiger partial charge is 0.206 e. The molecule has 0 unspecified atom stereocenters. The molecule has 0 fully saturated rings. The first-order valence-electron chi connectivity index (χ1n) is 4.70. The van der Waals surface area contributed by atoms with Gasteiger partial charge in [0.2, 0.25) is 5.96 Å². The Hall–Kier alpha value is -1.75. The summed E-state index contributed by atoms with van der Waals surface area (Å²) in [6.45, 7) is 3.68. The molecule has 16 heavy (non-hydrogen) atoms. The number of hydrogen-bond acceptors (Lipinski definition) is 3. The number of guanidine groups is 1. The molecule has 4 N–H and O–H groups in total. The highest BCUT2D eigenvalue weighted by Gasteiger charge is 1.98. The highest BCUT2D eigenvalue weighted by molar-refractivity contribution is 7.99. The van der Waals surface area contributed by atoms with Crippen LogP contribution in [-0.2, 0) is 0 Å². The summed E-state index contributed by atoms with van der Waals surface area (Å²) in [5.41, 5.74) is 8.48. The van der Waals surface area contributed by atoms with E-state index in [9.17, 15) is 0 Å². The number of rotatable bonds is 5. The fourth-order valence-corrected chi connectivity index (χ4v) is 1.80. The summed E-state index contributed by atoms with van der Waals surface area (Å²) in [6, 6.07) is 7.88. The van der Waals surface area contributed by atoms with Gasteiger partial charge in [0, 0.05) is 16.2 Å². The Kier molecular flexibility index (Phi) is 5.15. The van der Waals surface area contributed by atoms with Crippen LogP contribution in [-0.4, -0.2) is 17.9 Å². The van der Waals surface area contributed by atoms with Gasteiger partial charge in [-0.15, -0.1) is 18.3 Å². The molecular weight excluding hydrogens is 220 g/mol. The van der Waals surface area contributed by atoms with Gasteiger partial charge < -0.3 is 5.73 Å². The molecule has 0 saturated heterocycles. The molecule has 5 heteroatoms. The van der Waals surface area contributed by atoms with Crippen molar-refractivity contribution in [1.82, 2.24) is 5.43 Å². The quantitative estimate of drug-likeness (QED) is 0.239. The van der Waals surface area contributed by atoms with Crippen LogP contribution >= 0.6 is 11.8 Å². The standard InChI is InChI=1S/C11H14N4S/c1-2-7-16-10-6-4-3-5-9(10)8-14-15-11(12)13/h2-6,8H,1,7H2,(H4,12,13,15). The normalized spacial score (nSPS) is 10.2. The Morgan fingerprint density at radius 3 is 3.00 bits per heavy atom. The fraction of sp³-hybridized carbons (Fsp3) is 0.0909. The number of nitrogens with zero attached hydrogens (tertiary/aromatic N) is 1. The molecule has 1 aromatic rings. The van der Waals surface area contributed by atoms with Gasteiger partial charge in [-0.25, -0.2) is 5.43 Å². The van der Waals surface area contributed by atoms with Crippen molar-refractivity contribution in [3.05, 3.63) is 42.5 Å². The Morgan fingerprint density at radius 1 is 1.56 bits per heavy atom. The lowest BCUT2D eigenvalue weighted by Gasteiger charge is -2.03. The second-order valence-electron chi connectivity index (χ2n) is 2.92. The van der Waals surface area contributed by atoms with Crippen molar-refractivity contribution in [1.29, 1.82) is 5.41 Å². The first kappa shape index (κ1) is 12.3. The largest absolute Gasteiger partial charge is 0.369 e. The van der Waals surface area contributed by atoms with Gasteiger partial charge in [-0.1, -0.05) is 24.3 Å². The van der Waals surface area contributed by atoms with E-state index in [2.05, 4.69) is 17.1 Å². The Balaban J connectivity index is 2.73. The minimum Gasteiger partial charge on any atom is -0.369 e. The van der Waals surface area contributed by atoms with Crippen LogP contribution < -0.4 is 11.2 Å². The molecule has 0 bridgehead atoms. The Bertz CT molecular complexity index is 401. The Morgan fingerprint density at radius 2 is 2.31 bits per heavy atom. The average Bonchev–Trinajstić information content (AvgIpc) is 2.27. The van der Waals surface area contributed by atoms with E-state index in [4.69, 9.17) is 11.1 Å². The summed E-state index contributed by atoms with van der Waals surface area (Å²) in [6.07, 6.45) is 3.50. The summed E-state index contributed by atoms with van der Waals surface area (Å²) in [4.78, 5) is 1.12. The molecule has 0 aliphatic rings. The van der Waals surface area contributed by atoms with Crippen LogP contribution in [0.15, 0.2) is 46.9 Å². The summed E-state index contributed by atoms with van der Waals surface area (Å²) >= 11 is 1.68. The molecular formula is C11H14N4S. The molecule has 4 nitrogen and oxygen atoms in total. The van der Waals surface area contributed by atoms with Gasteiger partial charge in [-0.05, 0) is 6.07 Å². The highest BCUT2D eigenvalue weighted by Crippen LogP contribution is 2.21. The molecule has 0 spiro atoms. The van der Waals surface area contributed by atoms with Crippen LogP contribution in [0.5, 0.6) is 0 Å². The minimum atomic E-state index is -0.174. The van der Waals surface area contributed by atoms with Crippen LogP contribution in [0.3, 0.4) is 0 Å². The van der Waals surface area contributed by atoms with E-state index in [1.54, 1.807) is 18.0 Å². The zero-order valence-corrected chi connectivity index (χ0v) is 9.63. The third-order valence-corrected chi connectivity index (χ3v) is 2.75. The molecule has 0 aliphatic carbocycles. The van der Waals surface area contributed by atoms with E-state index in [1.807, 2.05) is 30.3 Å². The maximum absolute atomic E-state index is 6.96. The fourth-order valence-electron chi connectivity index (χ4n) is 1.04. The Labute approximate surface area is 99.1 Å². The van der Waals surface area contributed by atoms with Crippen molar-refractivity contribution >= 4 is 23.9 Å². The number of nitrogens with one attached hydrogen (secondary N) is 2. The topological polar surface area (TPSA) is 74.3 Å². The van der Waals surface area contributed by atoms with Crippen molar-refractivity contribution in [2.75, 3.05) is 5.75 Å². The van der Waals surface area contributed by atoms with Gasteiger partial charge >= 0.3 is 0 Å².